The lowest BCUT2D eigenvalue weighted by Gasteiger charge is -2.07. The standard InChI is InChI=1S/C13H17N3O2/c1-3-16-7-6-13(15-16)14-9-10-4-5-11(18-2)8-12(10)17/h4-8,17H,3,9H2,1-2H3,(H,14,15). The van der Waals surface area contributed by atoms with Gasteiger partial charge in [-0.3, -0.25) is 4.68 Å². The number of nitrogens with zero attached hydrogens (tertiary/aromatic N) is 2. The van der Waals surface area contributed by atoms with Crippen LogP contribution in [0, 0.1) is 0 Å². The van der Waals surface area contributed by atoms with E-state index in [4.69, 9.17) is 4.74 Å². The Kier molecular flexibility index (Phi) is 3.72. The minimum absolute atomic E-state index is 0.219. The number of methoxy groups -OCH3 is 1. The molecule has 1 heterocycles. The second-order valence-electron chi connectivity index (χ2n) is 3.90. The maximum atomic E-state index is 9.81. The van der Waals surface area contributed by atoms with Gasteiger partial charge in [-0.25, -0.2) is 0 Å². The van der Waals surface area contributed by atoms with Crippen LogP contribution in [0.2, 0.25) is 0 Å². The van der Waals surface area contributed by atoms with Gasteiger partial charge in [0.15, 0.2) is 0 Å². The molecule has 18 heavy (non-hydrogen) atoms. The summed E-state index contributed by atoms with van der Waals surface area (Å²) in [6.07, 6.45) is 1.91. The van der Waals surface area contributed by atoms with E-state index in [1.165, 1.54) is 0 Å². The summed E-state index contributed by atoms with van der Waals surface area (Å²) in [5, 5.41) is 17.3. The van der Waals surface area contributed by atoms with Gasteiger partial charge in [0.05, 0.1) is 7.11 Å². The Bertz CT molecular complexity index is 523. The maximum Gasteiger partial charge on any atom is 0.148 e. The molecule has 0 amide bonds. The van der Waals surface area contributed by atoms with Crippen molar-refractivity contribution < 1.29 is 9.84 Å². The van der Waals surface area contributed by atoms with Gasteiger partial charge < -0.3 is 15.2 Å². The molecule has 1 aromatic carbocycles. The van der Waals surface area contributed by atoms with Crippen molar-refractivity contribution in [2.45, 2.75) is 20.0 Å². The van der Waals surface area contributed by atoms with Crippen LogP contribution in [-0.2, 0) is 13.1 Å². The monoisotopic (exact) mass is 247 g/mol. The van der Waals surface area contributed by atoms with Gasteiger partial charge in [-0.05, 0) is 19.1 Å². The molecule has 0 saturated carbocycles. The van der Waals surface area contributed by atoms with E-state index in [1.54, 1.807) is 13.2 Å². The van der Waals surface area contributed by atoms with Crippen molar-refractivity contribution in [2.24, 2.45) is 0 Å². The number of benzene rings is 1. The number of rotatable bonds is 5. The van der Waals surface area contributed by atoms with Gasteiger partial charge in [0, 0.05) is 37.0 Å². The first-order chi connectivity index (χ1) is 8.72. The van der Waals surface area contributed by atoms with Crippen LogP contribution in [-0.4, -0.2) is 22.0 Å². The number of nitrogens with one attached hydrogen (secondary N) is 1. The van der Waals surface area contributed by atoms with E-state index in [1.807, 2.05) is 36.0 Å². The van der Waals surface area contributed by atoms with E-state index < -0.39 is 0 Å². The molecular formula is C13H17N3O2. The molecule has 0 unspecified atom stereocenters. The molecule has 2 aromatic rings. The molecular weight excluding hydrogens is 230 g/mol. The van der Waals surface area contributed by atoms with Crippen LogP contribution in [0.4, 0.5) is 5.82 Å². The van der Waals surface area contributed by atoms with E-state index in [-0.39, 0.29) is 5.75 Å². The third-order valence-corrected chi connectivity index (χ3v) is 2.72. The van der Waals surface area contributed by atoms with E-state index >= 15 is 0 Å². The van der Waals surface area contributed by atoms with Gasteiger partial charge in [0.25, 0.3) is 0 Å². The first kappa shape index (κ1) is 12.3. The zero-order valence-corrected chi connectivity index (χ0v) is 10.6. The second kappa shape index (κ2) is 5.44. The predicted octanol–water partition coefficient (Wildman–Crippen LogP) is 2.23. The zero-order chi connectivity index (χ0) is 13.0. The summed E-state index contributed by atoms with van der Waals surface area (Å²) in [5.41, 5.74) is 0.807. The van der Waals surface area contributed by atoms with Crippen LogP contribution < -0.4 is 10.1 Å². The van der Waals surface area contributed by atoms with E-state index in [9.17, 15) is 5.11 Å². The molecule has 0 saturated heterocycles. The molecule has 0 fully saturated rings. The largest absolute Gasteiger partial charge is 0.507 e. The lowest BCUT2D eigenvalue weighted by molar-refractivity contribution is 0.406. The number of ether oxygens (including phenoxy) is 1. The van der Waals surface area contributed by atoms with E-state index in [0.29, 0.717) is 12.3 Å². The summed E-state index contributed by atoms with van der Waals surface area (Å²) in [5.74, 6) is 1.66. The fourth-order valence-electron chi connectivity index (χ4n) is 1.64. The smallest absolute Gasteiger partial charge is 0.148 e. The highest BCUT2D eigenvalue weighted by Crippen LogP contribution is 2.23. The van der Waals surface area contributed by atoms with Crippen LogP contribution in [0.3, 0.4) is 0 Å². The Morgan fingerprint density at radius 2 is 2.22 bits per heavy atom. The molecule has 0 radical (unpaired) electrons. The van der Waals surface area contributed by atoms with Gasteiger partial charge in [0.1, 0.15) is 17.3 Å². The fraction of sp³-hybridized carbons (Fsp3) is 0.308. The quantitative estimate of drug-likeness (QED) is 0.850. The highest BCUT2D eigenvalue weighted by atomic mass is 16.5. The number of hydrogen-bond acceptors (Lipinski definition) is 4. The first-order valence-electron chi connectivity index (χ1n) is 5.86. The van der Waals surface area contributed by atoms with E-state index in [0.717, 1.165) is 17.9 Å². The molecule has 96 valence electrons. The van der Waals surface area contributed by atoms with E-state index in [2.05, 4.69) is 10.4 Å². The Balaban J connectivity index is 2.01. The van der Waals surface area contributed by atoms with Crippen molar-refractivity contribution in [1.82, 2.24) is 9.78 Å². The number of hydrogen-bond donors (Lipinski definition) is 2. The third kappa shape index (κ3) is 2.74. The van der Waals surface area contributed by atoms with Crippen molar-refractivity contribution in [2.75, 3.05) is 12.4 Å². The summed E-state index contributed by atoms with van der Waals surface area (Å²) in [7, 11) is 1.57. The number of aromatic hydroxyl groups is 1. The number of phenols is 1. The number of phenolic OH excluding ortho intramolecular Hbond substituents is 1. The summed E-state index contributed by atoms with van der Waals surface area (Å²) in [4.78, 5) is 0. The van der Waals surface area contributed by atoms with Crippen molar-refractivity contribution in [1.29, 1.82) is 0 Å². The Morgan fingerprint density at radius 3 is 2.83 bits per heavy atom. The van der Waals surface area contributed by atoms with Crippen molar-refractivity contribution in [3.63, 3.8) is 0 Å². The molecule has 0 aliphatic carbocycles. The normalized spacial score (nSPS) is 10.3. The Labute approximate surface area is 106 Å². The van der Waals surface area contributed by atoms with Gasteiger partial charge >= 0.3 is 0 Å². The molecule has 1 aromatic heterocycles. The Hall–Kier alpha value is -2.17. The maximum absolute atomic E-state index is 9.81. The zero-order valence-electron chi connectivity index (χ0n) is 10.6. The molecule has 5 nitrogen and oxygen atoms in total. The molecule has 0 spiro atoms. The molecule has 0 aliphatic rings. The van der Waals surface area contributed by atoms with Gasteiger partial charge in [-0.2, -0.15) is 5.10 Å². The first-order valence-corrected chi connectivity index (χ1v) is 5.86. The van der Waals surface area contributed by atoms with Crippen molar-refractivity contribution >= 4 is 5.82 Å². The van der Waals surface area contributed by atoms with Crippen LogP contribution in [0.15, 0.2) is 30.5 Å². The molecule has 2 rings (SSSR count). The van der Waals surface area contributed by atoms with Crippen molar-refractivity contribution in [3.05, 3.63) is 36.0 Å². The molecule has 0 bridgehead atoms. The number of anilines is 1. The average molecular weight is 247 g/mol. The average Bonchev–Trinajstić information content (AvgIpc) is 2.85. The molecule has 0 atom stereocenters. The summed E-state index contributed by atoms with van der Waals surface area (Å²) in [6.45, 7) is 3.40. The SMILES string of the molecule is CCn1ccc(NCc2ccc(OC)cc2O)n1. The lowest BCUT2D eigenvalue weighted by atomic mass is 10.2. The summed E-state index contributed by atoms with van der Waals surface area (Å²) in [6, 6.07) is 7.16. The highest BCUT2D eigenvalue weighted by molar-refractivity contribution is 5.42. The topological polar surface area (TPSA) is 59.3 Å². The molecule has 5 heteroatoms. The van der Waals surface area contributed by atoms with Gasteiger partial charge in [-0.1, -0.05) is 0 Å². The Morgan fingerprint density at radius 1 is 1.39 bits per heavy atom. The van der Waals surface area contributed by atoms with Gasteiger partial charge in [-0.15, -0.1) is 0 Å². The van der Waals surface area contributed by atoms with Gasteiger partial charge in [0.2, 0.25) is 0 Å². The second-order valence-corrected chi connectivity index (χ2v) is 3.90. The fourth-order valence-corrected chi connectivity index (χ4v) is 1.64. The van der Waals surface area contributed by atoms with Crippen molar-refractivity contribution in [3.8, 4) is 11.5 Å². The minimum atomic E-state index is 0.219. The van der Waals surface area contributed by atoms with Crippen LogP contribution >= 0.6 is 0 Å². The lowest BCUT2D eigenvalue weighted by Crippen LogP contribution is -2.02. The molecule has 2 N–H and O–H groups in total. The predicted molar refractivity (Wildman–Crippen MR) is 69.9 cm³/mol. The third-order valence-electron chi connectivity index (χ3n) is 2.72. The molecule has 0 aliphatic heterocycles. The summed E-state index contributed by atoms with van der Waals surface area (Å²) >= 11 is 0. The number of aromatic nitrogens is 2. The highest BCUT2D eigenvalue weighted by Gasteiger charge is 2.04. The van der Waals surface area contributed by atoms with Crippen LogP contribution in [0.25, 0.3) is 0 Å². The van der Waals surface area contributed by atoms with Crippen LogP contribution in [0.1, 0.15) is 12.5 Å². The minimum Gasteiger partial charge on any atom is -0.507 e. The number of aryl methyl sites for hydroxylation is 1. The summed E-state index contributed by atoms with van der Waals surface area (Å²) < 4.78 is 6.88. The van der Waals surface area contributed by atoms with Crippen LogP contribution in [0.5, 0.6) is 11.5 Å².